The van der Waals surface area contributed by atoms with Crippen molar-refractivity contribution in [2.75, 3.05) is 10.2 Å². The van der Waals surface area contributed by atoms with E-state index in [1.807, 2.05) is 32.0 Å². The fourth-order valence-electron chi connectivity index (χ4n) is 2.80. The van der Waals surface area contributed by atoms with Crippen LogP contribution in [0.4, 0.5) is 15.8 Å². The fourth-order valence-corrected chi connectivity index (χ4v) is 2.98. The summed E-state index contributed by atoms with van der Waals surface area (Å²) in [5, 5.41) is 3.00. The maximum atomic E-state index is 13.3. The number of carbonyl (C=O) groups excluding carboxylic acids is 2. The van der Waals surface area contributed by atoms with E-state index < -0.39 is 11.9 Å². The van der Waals surface area contributed by atoms with Gasteiger partial charge in [-0.2, -0.15) is 0 Å². The number of hydrogen-bond acceptors (Lipinski definition) is 3. The number of nitrogens with one attached hydrogen (secondary N) is 1. The van der Waals surface area contributed by atoms with E-state index in [4.69, 9.17) is 11.6 Å². The van der Waals surface area contributed by atoms with Crippen molar-refractivity contribution >= 4 is 34.8 Å². The molecule has 124 valence electrons. The Morgan fingerprint density at radius 2 is 1.92 bits per heavy atom. The second-order valence-electron chi connectivity index (χ2n) is 5.89. The van der Waals surface area contributed by atoms with Gasteiger partial charge in [0.2, 0.25) is 5.91 Å². The Balaban J connectivity index is 1.84. The molecule has 1 heterocycles. The second-order valence-corrected chi connectivity index (χ2v) is 6.29. The summed E-state index contributed by atoms with van der Waals surface area (Å²) in [5.41, 5.74) is 3.21. The molecular formula is C18H16ClFN2O2. The molecule has 6 heteroatoms. The van der Waals surface area contributed by atoms with E-state index in [0.29, 0.717) is 0 Å². The van der Waals surface area contributed by atoms with Gasteiger partial charge in [0, 0.05) is 5.69 Å². The summed E-state index contributed by atoms with van der Waals surface area (Å²) in [6, 6.07) is 8.98. The Kier molecular flexibility index (Phi) is 4.28. The zero-order valence-corrected chi connectivity index (χ0v) is 14.0. The van der Waals surface area contributed by atoms with Crippen LogP contribution in [0.5, 0.6) is 0 Å². The highest BCUT2D eigenvalue weighted by Crippen LogP contribution is 2.29. The minimum atomic E-state index is -0.650. The van der Waals surface area contributed by atoms with E-state index in [0.717, 1.165) is 27.8 Å². The summed E-state index contributed by atoms with van der Waals surface area (Å²) in [6.07, 6.45) is 0.0428. The molecular weight excluding hydrogens is 331 g/mol. The number of amides is 2. The lowest BCUT2D eigenvalue weighted by atomic mass is 10.1. The van der Waals surface area contributed by atoms with Gasteiger partial charge in [-0.25, -0.2) is 9.29 Å². The van der Waals surface area contributed by atoms with Crippen LogP contribution >= 0.6 is 11.6 Å². The monoisotopic (exact) mass is 346 g/mol. The third-order valence-electron chi connectivity index (χ3n) is 4.02. The zero-order chi connectivity index (χ0) is 17.4. The molecule has 0 spiro atoms. The minimum absolute atomic E-state index is 0.0428. The highest BCUT2D eigenvalue weighted by molar-refractivity contribution is 6.31. The van der Waals surface area contributed by atoms with E-state index >= 15 is 0 Å². The Labute approximate surface area is 144 Å². The standard InChI is InChI=1S/C18H16ClFN2O2/c1-10-3-6-15(11(2)7-10)21-16-9-17(23)22(18(16)24)12-4-5-14(20)13(19)8-12/h3-8,16,21H,9H2,1-2H3/t16-/m0/s1. The number of nitrogens with zero attached hydrogens (tertiary/aromatic N) is 1. The first kappa shape index (κ1) is 16.5. The van der Waals surface area contributed by atoms with Crippen molar-refractivity contribution in [3.8, 4) is 0 Å². The third-order valence-corrected chi connectivity index (χ3v) is 4.31. The summed E-state index contributed by atoms with van der Waals surface area (Å²) in [7, 11) is 0. The molecule has 1 saturated heterocycles. The Morgan fingerprint density at radius 3 is 2.58 bits per heavy atom. The van der Waals surface area contributed by atoms with Gasteiger partial charge >= 0.3 is 0 Å². The first-order valence-electron chi connectivity index (χ1n) is 7.52. The van der Waals surface area contributed by atoms with E-state index in [9.17, 15) is 14.0 Å². The Hall–Kier alpha value is -2.40. The van der Waals surface area contributed by atoms with E-state index in [-0.39, 0.29) is 28.9 Å². The first-order chi connectivity index (χ1) is 11.4. The predicted molar refractivity (Wildman–Crippen MR) is 91.8 cm³/mol. The number of carbonyl (C=O) groups is 2. The van der Waals surface area contributed by atoms with Crippen LogP contribution < -0.4 is 10.2 Å². The lowest BCUT2D eigenvalue weighted by molar-refractivity contribution is -0.121. The molecule has 1 aliphatic rings. The van der Waals surface area contributed by atoms with Crippen LogP contribution in [-0.2, 0) is 9.59 Å². The van der Waals surface area contributed by atoms with Crippen LogP contribution in [-0.4, -0.2) is 17.9 Å². The predicted octanol–water partition coefficient (Wildman–Crippen LogP) is 3.84. The molecule has 4 nitrogen and oxygen atoms in total. The fraction of sp³-hybridized carbons (Fsp3) is 0.222. The van der Waals surface area contributed by atoms with E-state index in [1.54, 1.807) is 0 Å². The Bertz CT molecular complexity index is 838. The lowest BCUT2D eigenvalue weighted by Crippen LogP contribution is -2.35. The number of aryl methyl sites for hydroxylation is 2. The van der Waals surface area contributed by atoms with Crippen LogP contribution in [0, 0.1) is 19.7 Å². The second kappa shape index (κ2) is 6.24. The van der Waals surface area contributed by atoms with Crippen LogP contribution in [0.3, 0.4) is 0 Å². The van der Waals surface area contributed by atoms with E-state index in [1.165, 1.54) is 12.1 Å². The third kappa shape index (κ3) is 2.99. The molecule has 1 atom stereocenters. The van der Waals surface area contributed by atoms with Gasteiger partial charge in [0.1, 0.15) is 11.9 Å². The molecule has 0 aromatic heterocycles. The first-order valence-corrected chi connectivity index (χ1v) is 7.90. The van der Waals surface area contributed by atoms with Crippen molar-refractivity contribution in [1.29, 1.82) is 0 Å². The smallest absolute Gasteiger partial charge is 0.256 e. The molecule has 2 aromatic carbocycles. The molecule has 0 bridgehead atoms. The molecule has 0 radical (unpaired) electrons. The van der Waals surface area contributed by atoms with Crippen LogP contribution in [0.25, 0.3) is 0 Å². The number of imide groups is 1. The van der Waals surface area contributed by atoms with Crippen LogP contribution in [0.15, 0.2) is 36.4 Å². The molecule has 0 aliphatic carbocycles. The van der Waals surface area contributed by atoms with Crippen LogP contribution in [0.1, 0.15) is 17.5 Å². The number of hydrogen-bond donors (Lipinski definition) is 1. The molecule has 0 unspecified atom stereocenters. The van der Waals surface area contributed by atoms with Gasteiger partial charge in [-0.3, -0.25) is 9.59 Å². The SMILES string of the molecule is Cc1ccc(N[C@H]2CC(=O)N(c3ccc(F)c(Cl)c3)C2=O)c(C)c1. The quantitative estimate of drug-likeness (QED) is 0.859. The number of halogens is 2. The molecule has 2 aromatic rings. The maximum absolute atomic E-state index is 13.3. The molecule has 1 N–H and O–H groups in total. The van der Waals surface area contributed by atoms with Crippen molar-refractivity contribution in [3.63, 3.8) is 0 Å². The van der Waals surface area contributed by atoms with Crippen molar-refractivity contribution in [3.05, 3.63) is 58.4 Å². The normalized spacial score (nSPS) is 17.5. The summed E-state index contributed by atoms with van der Waals surface area (Å²) < 4.78 is 13.3. The average Bonchev–Trinajstić information content (AvgIpc) is 2.79. The molecule has 1 aliphatic heterocycles. The van der Waals surface area contributed by atoms with Crippen molar-refractivity contribution in [1.82, 2.24) is 0 Å². The van der Waals surface area contributed by atoms with Gasteiger partial charge in [0.05, 0.1) is 17.1 Å². The summed E-state index contributed by atoms with van der Waals surface area (Å²) in [5.74, 6) is -1.31. The van der Waals surface area contributed by atoms with Crippen molar-refractivity contribution in [2.45, 2.75) is 26.3 Å². The lowest BCUT2D eigenvalue weighted by Gasteiger charge is -2.17. The topological polar surface area (TPSA) is 49.4 Å². The molecule has 2 amide bonds. The number of anilines is 2. The van der Waals surface area contributed by atoms with Crippen molar-refractivity contribution < 1.29 is 14.0 Å². The van der Waals surface area contributed by atoms with Crippen molar-refractivity contribution in [2.24, 2.45) is 0 Å². The van der Waals surface area contributed by atoms with Gasteiger partial charge in [0.15, 0.2) is 0 Å². The van der Waals surface area contributed by atoms with Crippen LogP contribution in [0.2, 0.25) is 5.02 Å². The Morgan fingerprint density at radius 1 is 1.17 bits per heavy atom. The van der Waals surface area contributed by atoms with Gasteiger partial charge < -0.3 is 5.32 Å². The molecule has 3 rings (SSSR count). The summed E-state index contributed by atoms with van der Waals surface area (Å²) in [4.78, 5) is 25.9. The van der Waals surface area contributed by atoms with Gasteiger partial charge in [0.25, 0.3) is 5.91 Å². The summed E-state index contributed by atoms with van der Waals surface area (Å²) >= 11 is 5.75. The zero-order valence-electron chi connectivity index (χ0n) is 13.3. The minimum Gasteiger partial charge on any atom is -0.373 e. The number of benzene rings is 2. The molecule has 0 saturated carbocycles. The number of rotatable bonds is 3. The molecule has 1 fully saturated rings. The van der Waals surface area contributed by atoms with Gasteiger partial charge in [-0.05, 0) is 43.7 Å². The van der Waals surface area contributed by atoms with Gasteiger partial charge in [-0.1, -0.05) is 29.3 Å². The highest BCUT2D eigenvalue weighted by Gasteiger charge is 2.39. The highest BCUT2D eigenvalue weighted by atomic mass is 35.5. The molecule has 24 heavy (non-hydrogen) atoms. The van der Waals surface area contributed by atoms with Gasteiger partial charge in [-0.15, -0.1) is 0 Å². The van der Waals surface area contributed by atoms with E-state index in [2.05, 4.69) is 5.32 Å². The maximum Gasteiger partial charge on any atom is 0.256 e. The average molecular weight is 347 g/mol. The largest absolute Gasteiger partial charge is 0.373 e. The summed E-state index contributed by atoms with van der Waals surface area (Å²) in [6.45, 7) is 3.93.